The summed E-state index contributed by atoms with van der Waals surface area (Å²) in [6.45, 7) is 6.16. The number of aromatic hydroxyl groups is 1. The second-order valence-electron chi connectivity index (χ2n) is 14.3. The van der Waals surface area contributed by atoms with Crippen LogP contribution in [0.4, 0.5) is 23.4 Å². The summed E-state index contributed by atoms with van der Waals surface area (Å²) in [6, 6.07) is 6.04. The molecule has 47 heavy (non-hydrogen) atoms. The Balaban J connectivity index is 1.12. The number of fused-ring (bicyclic) bond motifs is 5. The van der Waals surface area contributed by atoms with E-state index in [1.807, 2.05) is 4.90 Å². The van der Waals surface area contributed by atoms with E-state index in [0.717, 1.165) is 76.7 Å². The summed E-state index contributed by atoms with van der Waals surface area (Å²) in [5.41, 5.74) is -1.14. The highest BCUT2D eigenvalue weighted by Crippen LogP contribution is 2.48. The van der Waals surface area contributed by atoms with Gasteiger partial charge in [-0.2, -0.15) is 9.97 Å². The van der Waals surface area contributed by atoms with Crippen molar-refractivity contribution in [2.75, 3.05) is 57.4 Å². The van der Waals surface area contributed by atoms with Gasteiger partial charge in [-0.15, -0.1) is 0 Å². The average Bonchev–Trinajstić information content (AvgIpc) is 3.29. The van der Waals surface area contributed by atoms with E-state index in [4.69, 9.17) is 14.5 Å². The summed E-state index contributed by atoms with van der Waals surface area (Å²) in [6.07, 6.45) is 4.01. The maximum absolute atomic E-state index is 16.7. The smallest absolute Gasteiger partial charge is 0.319 e. The molecule has 2 bridgehead atoms. The van der Waals surface area contributed by atoms with Crippen molar-refractivity contribution < 1.29 is 32.1 Å². The molecule has 9 rings (SSSR count). The van der Waals surface area contributed by atoms with Gasteiger partial charge in [-0.25, -0.2) is 17.6 Å². The first-order valence-corrected chi connectivity index (χ1v) is 16.5. The lowest BCUT2D eigenvalue weighted by molar-refractivity contribution is 0.131. The molecule has 1 aromatic heterocycles. The van der Waals surface area contributed by atoms with E-state index in [9.17, 15) is 9.50 Å². The van der Waals surface area contributed by atoms with E-state index in [-0.39, 0.29) is 56.5 Å². The lowest BCUT2D eigenvalue weighted by Crippen LogP contribution is -2.51. The topological polar surface area (TPSA) is 83.0 Å². The molecule has 5 heterocycles. The zero-order valence-electron chi connectivity index (χ0n) is 25.7. The minimum atomic E-state index is -1.26. The predicted molar refractivity (Wildman–Crippen MR) is 168 cm³/mol. The molecule has 5 fully saturated rings. The second kappa shape index (κ2) is 10.9. The Kier molecular flexibility index (Phi) is 6.82. The molecule has 4 unspecified atom stereocenters. The number of nitrogens with one attached hydrogen (secondary N) is 1. The molecule has 8 nitrogen and oxygen atoms in total. The fourth-order valence-corrected chi connectivity index (χ4v) is 8.39. The van der Waals surface area contributed by atoms with E-state index >= 15 is 13.2 Å². The lowest BCUT2D eigenvalue weighted by Gasteiger charge is -2.34. The Morgan fingerprint density at radius 3 is 2.38 bits per heavy atom. The van der Waals surface area contributed by atoms with Crippen molar-refractivity contribution in [2.24, 2.45) is 17.3 Å². The third-order valence-electron chi connectivity index (χ3n) is 11.0. The van der Waals surface area contributed by atoms with Crippen LogP contribution in [-0.2, 0) is 4.74 Å². The average molecular weight is 650 g/mol. The van der Waals surface area contributed by atoms with Crippen LogP contribution in [0, 0.1) is 40.5 Å². The van der Waals surface area contributed by atoms with Crippen LogP contribution in [-0.4, -0.2) is 84.6 Å². The number of anilines is 1. The molecule has 2 N–H and O–H groups in total. The van der Waals surface area contributed by atoms with E-state index in [1.165, 1.54) is 12.1 Å². The van der Waals surface area contributed by atoms with Gasteiger partial charge in [0.2, 0.25) is 0 Å². The van der Waals surface area contributed by atoms with Crippen LogP contribution in [0.3, 0.4) is 0 Å². The quantitative estimate of drug-likeness (QED) is 0.258. The third kappa shape index (κ3) is 5.07. The van der Waals surface area contributed by atoms with Crippen molar-refractivity contribution in [1.82, 2.24) is 20.2 Å². The summed E-state index contributed by atoms with van der Waals surface area (Å²) < 4.78 is 74.3. The number of phenols is 1. The van der Waals surface area contributed by atoms with Crippen LogP contribution in [0.25, 0.3) is 32.8 Å². The first kappa shape index (κ1) is 29.4. The Morgan fingerprint density at radius 2 is 1.66 bits per heavy atom. The molecule has 1 aliphatic carbocycles. The fraction of sp³-hybridized carbons (Fsp3) is 0.486. The van der Waals surface area contributed by atoms with Gasteiger partial charge in [0.15, 0.2) is 17.5 Å². The van der Waals surface area contributed by atoms with Crippen molar-refractivity contribution in [3.63, 3.8) is 0 Å². The van der Waals surface area contributed by atoms with E-state index in [0.29, 0.717) is 37.4 Å². The zero-order chi connectivity index (χ0) is 32.0. The number of hydrogen-bond donors (Lipinski definition) is 2. The number of phenolic OH excluding ortho intramolecular Hbond substituents is 1. The zero-order valence-corrected chi connectivity index (χ0v) is 25.7. The lowest BCUT2D eigenvalue weighted by atomic mass is 9.95. The van der Waals surface area contributed by atoms with Gasteiger partial charge in [-0.3, -0.25) is 0 Å². The van der Waals surface area contributed by atoms with E-state index in [2.05, 4.69) is 15.2 Å². The molecule has 0 radical (unpaired) electrons. The van der Waals surface area contributed by atoms with Crippen LogP contribution in [0.1, 0.15) is 25.7 Å². The van der Waals surface area contributed by atoms with Crippen LogP contribution >= 0.6 is 0 Å². The number of hydrogen-bond acceptors (Lipinski definition) is 8. The molecular weight excluding hydrogens is 614 g/mol. The number of rotatable bonds is 7. The molecule has 4 atom stereocenters. The van der Waals surface area contributed by atoms with Gasteiger partial charge in [0.1, 0.15) is 22.9 Å². The summed E-state index contributed by atoms with van der Waals surface area (Å²) >= 11 is 0. The molecule has 1 saturated carbocycles. The molecule has 4 saturated heterocycles. The molecule has 4 aromatic rings. The van der Waals surface area contributed by atoms with Gasteiger partial charge < -0.3 is 29.7 Å². The minimum Gasteiger partial charge on any atom is -0.508 e. The molecule has 5 aliphatic rings. The van der Waals surface area contributed by atoms with E-state index < -0.39 is 28.8 Å². The Morgan fingerprint density at radius 1 is 0.915 bits per heavy atom. The summed E-state index contributed by atoms with van der Waals surface area (Å²) in [7, 11) is 0. The van der Waals surface area contributed by atoms with Gasteiger partial charge in [0, 0.05) is 78.4 Å². The second-order valence-corrected chi connectivity index (χ2v) is 14.3. The van der Waals surface area contributed by atoms with Crippen molar-refractivity contribution in [2.45, 2.75) is 37.8 Å². The fourth-order valence-electron chi connectivity index (χ4n) is 8.39. The predicted octanol–water partition coefficient (Wildman–Crippen LogP) is 5.39. The van der Waals surface area contributed by atoms with Crippen LogP contribution in [0.15, 0.2) is 30.3 Å². The van der Waals surface area contributed by atoms with Crippen molar-refractivity contribution in [3.05, 3.63) is 53.6 Å². The third-order valence-corrected chi connectivity index (χ3v) is 11.0. The Bertz CT molecular complexity index is 1900. The number of piperazine rings is 1. The number of halogens is 4. The maximum atomic E-state index is 16.7. The monoisotopic (exact) mass is 649 g/mol. The highest BCUT2D eigenvalue weighted by Gasteiger charge is 2.48. The number of aromatic nitrogens is 2. The Labute approximate surface area is 268 Å². The molecule has 0 amide bonds. The van der Waals surface area contributed by atoms with Gasteiger partial charge in [0.25, 0.3) is 0 Å². The number of likely N-dealkylation sites (tertiary alicyclic amines) is 1. The molecular formula is C35H35F4N5O3. The van der Waals surface area contributed by atoms with Crippen LogP contribution in [0.2, 0.25) is 0 Å². The molecule has 4 aliphatic heterocycles. The molecule has 12 heteroatoms. The highest BCUT2D eigenvalue weighted by molar-refractivity contribution is 6.02. The SMILES string of the molecule is Oc1cc(-c2c(F)cc3c(N4CC5CCC(C4)N5)nc(OCC4(CN5CC6COCC6C5)CC4)nc3c2F)c2c(F)c(F)ccc2c1. The summed E-state index contributed by atoms with van der Waals surface area (Å²) in [5.74, 6) is -3.29. The van der Waals surface area contributed by atoms with Crippen molar-refractivity contribution in [1.29, 1.82) is 0 Å². The maximum Gasteiger partial charge on any atom is 0.319 e. The number of nitrogens with zero attached hydrogens (tertiary/aromatic N) is 4. The molecule has 246 valence electrons. The van der Waals surface area contributed by atoms with Gasteiger partial charge in [-0.05, 0) is 55.3 Å². The number of ether oxygens (including phenoxy) is 2. The van der Waals surface area contributed by atoms with Crippen LogP contribution < -0.4 is 15.0 Å². The van der Waals surface area contributed by atoms with Gasteiger partial charge in [-0.1, -0.05) is 6.07 Å². The first-order chi connectivity index (χ1) is 22.7. The van der Waals surface area contributed by atoms with Gasteiger partial charge >= 0.3 is 6.01 Å². The highest BCUT2D eigenvalue weighted by atomic mass is 19.2. The Hall–Kier alpha value is -3.74. The minimum absolute atomic E-state index is 0.00852. The van der Waals surface area contributed by atoms with Crippen molar-refractivity contribution >= 4 is 27.5 Å². The summed E-state index contributed by atoms with van der Waals surface area (Å²) in [4.78, 5) is 13.8. The van der Waals surface area contributed by atoms with Crippen LogP contribution in [0.5, 0.6) is 11.8 Å². The standard InChI is InChI=1S/C35H35F4N5O3/c36-26-4-1-18-7-23(45)8-24(28(18)30(26)38)29-27(37)9-25-32(31(29)39)41-34(42-33(25)44-12-21-2-3-22(13-44)40-21)47-17-35(5-6-35)16-43-10-19-14-46-15-20(19)11-43/h1,4,7-9,19-22,40,45H,2-3,5-6,10-17H2. The van der Waals surface area contributed by atoms with E-state index in [1.54, 1.807) is 0 Å². The molecule has 3 aromatic carbocycles. The largest absolute Gasteiger partial charge is 0.508 e. The van der Waals surface area contributed by atoms with Gasteiger partial charge in [0.05, 0.1) is 25.4 Å². The van der Waals surface area contributed by atoms with Crippen molar-refractivity contribution in [3.8, 4) is 22.9 Å². The summed E-state index contributed by atoms with van der Waals surface area (Å²) in [5, 5.41) is 13.9. The molecule has 0 spiro atoms. The normalized spacial score (nSPS) is 26.4. The number of benzene rings is 3. The first-order valence-electron chi connectivity index (χ1n) is 16.5.